The van der Waals surface area contributed by atoms with Crippen LogP contribution >= 0.6 is 0 Å². The van der Waals surface area contributed by atoms with Crippen LogP contribution in [0, 0.1) is 24.5 Å². The topological polar surface area (TPSA) is 79.3 Å². The molecule has 1 fully saturated rings. The van der Waals surface area contributed by atoms with Crippen LogP contribution in [-0.4, -0.2) is 34.7 Å². The Balaban J connectivity index is 1.54. The molecular weight excluding hydrogens is 440 g/mol. The molecule has 0 unspecified atom stereocenters. The minimum absolute atomic E-state index is 0.0313. The number of aryl methyl sites for hydroxylation is 1. The average Bonchev–Trinajstić information content (AvgIpc) is 3.17. The maximum Gasteiger partial charge on any atom is 0.227 e. The van der Waals surface area contributed by atoms with Crippen LogP contribution in [0.3, 0.4) is 0 Å². The van der Waals surface area contributed by atoms with Crippen molar-refractivity contribution in [3.8, 4) is 5.69 Å². The van der Waals surface area contributed by atoms with E-state index in [0.29, 0.717) is 43.7 Å². The zero-order valence-corrected chi connectivity index (χ0v) is 19.1. The summed E-state index contributed by atoms with van der Waals surface area (Å²) in [5.74, 6) is -1.44. The third-order valence-corrected chi connectivity index (χ3v) is 5.98. The molecule has 0 bridgehead atoms. The van der Waals surface area contributed by atoms with Crippen molar-refractivity contribution in [2.24, 2.45) is 5.92 Å². The Morgan fingerprint density at radius 1 is 1.06 bits per heavy atom. The molecule has 0 spiro atoms. The van der Waals surface area contributed by atoms with Crippen LogP contribution in [-0.2, 0) is 9.59 Å². The second kappa shape index (κ2) is 10.0. The number of aromatic nitrogens is 2. The first kappa shape index (κ1) is 23.4. The lowest BCUT2D eigenvalue weighted by molar-refractivity contribution is -0.120. The number of carbonyl (C=O) groups excluding carboxylic acids is 2. The van der Waals surface area contributed by atoms with E-state index in [-0.39, 0.29) is 23.4 Å². The van der Waals surface area contributed by atoms with Crippen molar-refractivity contribution in [1.29, 1.82) is 0 Å². The summed E-state index contributed by atoms with van der Waals surface area (Å²) in [4.78, 5) is 27.0. The van der Waals surface area contributed by atoms with Crippen molar-refractivity contribution in [1.82, 2.24) is 9.78 Å². The van der Waals surface area contributed by atoms with Gasteiger partial charge in [-0.1, -0.05) is 25.1 Å². The number of anilines is 3. The van der Waals surface area contributed by atoms with Gasteiger partial charge in [0.25, 0.3) is 0 Å². The summed E-state index contributed by atoms with van der Waals surface area (Å²) < 4.78 is 28.9. The van der Waals surface area contributed by atoms with Crippen molar-refractivity contribution in [3.63, 3.8) is 0 Å². The lowest BCUT2D eigenvalue weighted by Crippen LogP contribution is -2.39. The molecule has 4 rings (SSSR count). The molecule has 34 heavy (non-hydrogen) atoms. The summed E-state index contributed by atoms with van der Waals surface area (Å²) in [6.07, 6.45) is 1.42. The monoisotopic (exact) mass is 467 g/mol. The fourth-order valence-electron chi connectivity index (χ4n) is 4.11. The smallest absolute Gasteiger partial charge is 0.227 e. The number of piperidine rings is 1. The lowest BCUT2D eigenvalue weighted by Gasteiger charge is -2.33. The number of nitrogens with zero attached hydrogens (tertiary/aromatic N) is 3. The molecule has 0 saturated carbocycles. The number of hydrogen-bond acceptors (Lipinski definition) is 4. The normalized spacial score (nSPS) is 14.2. The lowest BCUT2D eigenvalue weighted by atomic mass is 9.95. The molecule has 9 heteroatoms. The average molecular weight is 468 g/mol. The highest BCUT2D eigenvalue weighted by molar-refractivity contribution is 5.95. The third kappa shape index (κ3) is 4.93. The van der Waals surface area contributed by atoms with E-state index in [2.05, 4.69) is 20.6 Å². The van der Waals surface area contributed by atoms with Gasteiger partial charge >= 0.3 is 0 Å². The highest BCUT2D eigenvalue weighted by Gasteiger charge is 2.30. The second-order valence-electron chi connectivity index (χ2n) is 8.31. The van der Waals surface area contributed by atoms with Gasteiger partial charge < -0.3 is 15.5 Å². The van der Waals surface area contributed by atoms with Crippen molar-refractivity contribution < 1.29 is 18.4 Å². The quantitative estimate of drug-likeness (QED) is 0.553. The predicted molar refractivity (Wildman–Crippen MR) is 127 cm³/mol. The van der Waals surface area contributed by atoms with E-state index in [4.69, 9.17) is 0 Å². The highest BCUT2D eigenvalue weighted by atomic mass is 19.1. The van der Waals surface area contributed by atoms with Crippen LogP contribution < -0.4 is 15.5 Å². The number of benzene rings is 2. The zero-order valence-electron chi connectivity index (χ0n) is 19.1. The van der Waals surface area contributed by atoms with Gasteiger partial charge in [-0.05, 0) is 44.0 Å². The molecule has 0 atom stereocenters. The predicted octanol–water partition coefficient (Wildman–Crippen LogP) is 4.66. The Bertz CT molecular complexity index is 1190. The van der Waals surface area contributed by atoms with Crippen LogP contribution in [0.5, 0.6) is 0 Å². The highest BCUT2D eigenvalue weighted by Crippen LogP contribution is 2.35. The van der Waals surface area contributed by atoms with E-state index in [9.17, 15) is 18.4 Å². The summed E-state index contributed by atoms with van der Waals surface area (Å²) >= 11 is 0. The number of halogens is 2. The minimum Gasteiger partial charge on any atom is -0.355 e. The molecule has 7 nitrogen and oxygen atoms in total. The molecule has 0 radical (unpaired) electrons. The van der Waals surface area contributed by atoms with E-state index < -0.39 is 11.6 Å². The molecule has 2 N–H and O–H groups in total. The van der Waals surface area contributed by atoms with Crippen molar-refractivity contribution in [2.75, 3.05) is 28.6 Å². The van der Waals surface area contributed by atoms with Crippen LogP contribution in [0.15, 0.2) is 48.5 Å². The summed E-state index contributed by atoms with van der Waals surface area (Å²) in [5, 5.41) is 10.2. The van der Waals surface area contributed by atoms with Crippen LogP contribution in [0.1, 0.15) is 31.9 Å². The van der Waals surface area contributed by atoms with Crippen LogP contribution in [0.4, 0.5) is 26.0 Å². The fourth-order valence-corrected chi connectivity index (χ4v) is 4.11. The van der Waals surface area contributed by atoms with Crippen molar-refractivity contribution in [2.45, 2.75) is 33.1 Å². The van der Waals surface area contributed by atoms with Gasteiger partial charge in [-0.15, -0.1) is 0 Å². The Labute approximate surface area is 196 Å². The SMILES string of the molecule is CCC(=O)Nc1c(C)nn(-c2ccccc2)c1N1CCC(C(=O)Nc2ccc(F)cc2F)CC1. The van der Waals surface area contributed by atoms with Gasteiger partial charge in [-0.2, -0.15) is 5.10 Å². The van der Waals surface area contributed by atoms with Gasteiger partial charge in [0.2, 0.25) is 11.8 Å². The molecule has 0 aliphatic carbocycles. The van der Waals surface area contributed by atoms with Crippen LogP contribution in [0.25, 0.3) is 5.69 Å². The first-order valence-electron chi connectivity index (χ1n) is 11.3. The Kier molecular flexibility index (Phi) is 6.90. The number of carbonyl (C=O) groups is 2. The van der Waals surface area contributed by atoms with Gasteiger partial charge in [-0.25, -0.2) is 13.5 Å². The number of hydrogen-bond donors (Lipinski definition) is 2. The van der Waals surface area contributed by atoms with E-state index in [0.717, 1.165) is 23.6 Å². The second-order valence-corrected chi connectivity index (χ2v) is 8.31. The van der Waals surface area contributed by atoms with Gasteiger partial charge in [0, 0.05) is 31.5 Å². The number of nitrogens with one attached hydrogen (secondary N) is 2. The summed E-state index contributed by atoms with van der Waals surface area (Å²) in [6.45, 7) is 4.75. The molecule has 1 aromatic heterocycles. The Hall–Kier alpha value is -3.75. The molecule has 3 aromatic rings. The van der Waals surface area contributed by atoms with E-state index >= 15 is 0 Å². The van der Waals surface area contributed by atoms with E-state index in [1.54, 1.807) is 6.92 Å². The third-order valence-electron chi connectivity index (χ3n) is 5.98. The standard InChI is InChI=1S/C25H27F2N5O2/c1-3-22(33)29-23-16(2)30-32(19-7-5-4-6-8-19)25(23)31-13-11-17(12-14-31)24(34)28-21-10-9-18(26)15-20(21)27/h4-10,15,17H,3,11-14H2,1-2H3,(H,28,34)(H,29,33). The van der Waals surface area contributed by atoms with Crippen LogP contribution in [0.2, 0.25) is 0 Å². The molecule has 1 saturated heterocycles. The van der Waals surface area contributed by atoms with E-state index in [1.807, 2.05) is 41.9 Å². The van der Waals surface area contributed by atoms with Crippen molar-refractivity contribution >= 4 is 29.0 Å². The first-order valence-corrected chi connectivity index (χ1v) is 11.3. The first-order chi connectivity index (χ1) is 16.4. The van der Waals surface area contributed by atoms with Gasteiger partial charge in [-0.3, -0.25) is 9.59 Å². The summed E-state index contributed by atoms with van der Waals surface area (Å²) in [6, 6.07) is 12.7. The number of amides is 2. The van der Waals surface area contributed by atoms with Gasteiger partial charge in [0.15, 0.2) is 5.82 Å². The van der Waals surface area contributed by atoms with Crippen molar-refractivity contribution in [3.05, 3.63) is 65.9 Å². The molecule has 178 valence electrons. The summed E-state index contributed by atoms with van der Waals surface area (Å²) in [7, 11) is 0. The Morgan fingerprint density at radius 2 is 1.76 bits per heavy atom. The molecule has 2 amide bonds. The minimum atomic E-state index is -0.802. The maximum absolute atomic E-state index is 13.9. The summed E-state index contributed by atoms with van der Waals surface area (Å²) in [5.41, 5.74) is 2.19. The maximum atomic E-state index is 13.9. The number of para-hydroxylation sites is 1. The molecule has 2 heterocycles. The van der Waals surface area contributed by atoms with Gasteiger partial charge in [0.1, 0.15) is 17.3 Å². The molecular formula is C25H27F2N5O2. The Morgan fingerprint density at radius 3 is 2.41 bits per heavy atom. The van der Waals surface area contributed by atoms with Gasteiger partial charge in [0.05, 0.1) is 17.1 Å². The molecule has 2 aromatic carbocycles. The molecule has 1 aliphatic rings. The zero-order chi connectivity index (χ0) is 24.2. The largest absolute Gasteiger partial charge is 0.355 e. The molecule has 1 aliphatic heterocycles. The number of rotatable bonds is 6. The fraction of sp³-hybridized carbons (Fsp3) is 0.320. The van der Waals surface area contributed by atoms with E-state index in [1.165, 1.54) is 6.07 Å².